The summed E-state index contributed by atoms with van der Waals surface area (Å²) >= 11 is 0. The van der Waals surface area contributed by atoms with Crippen LogP contribution in [-0.4, -0.2) is 73.4 Å². The second kappa shape index (κ2) is 20.1. The average Bonchev–Trinajstić information content (AvgIpc) is 3.34. The van der Waals surface area contributed by atoms with Gasteiger partial charge < -0.3 is 35.5 Å². The number of nitrogens with one attached hydrogen (secondary N) is 2. The van der Waals surface area contributed by atoms with Crippen molar-refractivity contribution < 1.29 is 49.1 Å². The van der Waals surface area contributed by atoms with Gasteiger partial charge in [-0.15, -0.1) is 0 Å². The number of benzene rings is 1. The van der Waals surface area contributed by atoms with Gasteiger partial charge in [-0.1, -0.05) is 76.5 Å². The lowest BCUT2D eigenvalue weighted by atomic mass is 9.96. The lowest BCUT2D eigenvalue weighted by Crippen LogP contribution is -2.43. The molecule has 1 heterocycles. The molecule has 12 nitrogen and oxygen atoms in total. The van der Waals surface area contributed by atoms with Gasteiger partial charge in [0.15, 0.2) is 5.60 Å². The minimum Gasteiger partial charge on any atom is -0.481 e. The number of aliphatic hydroxyl groups is 1. The molecule has 43 heavy (non-hydrogen) atoms. The summed E-state index contributed by atoms with van der Waals surface area (Å²) in [5.41, 5.74) is -0.708. The molecular weight excluding hydrogens is 560 g/mol. The van der Waals surface area contributed by atoms with Crippen LogP contribution in [0.15, 0.2) is 30.5 Å². The maximum Gasteiger partial charge on any atom is 0.336 e. The topological polar surface area (TPSA) is 203 Å². The minimum absolute atomic E-state index is 0.0733. The number of carboxylic acids is 3. The number of carbonyl (C=O) groups is 5. The molecule has 1 atom stereocenters. The van der Waals surface area contributed by atoms with Crippen molar-refractivity contribution in [3.8, 4) is 0 Å². The molecule has 0 unspecified atom stereocenters. The van der Waals surface area contributed by atoms with Crippen molar-refractivity contribution in [2.75, 3.05) is 6.61 Å². The van der Waals surface area contributed by atoms with Crippen LogP contribution in [0.3, 0.4) is 0 Å². The fourth-order valence-electron chi connectivity index (χ4n) is 4.53. The van der Waals surface area contributed by atoms with E-state index in [0.717, 1.165) is 29.3 Å². The van der Waals surface area contributed by atoms with Gasteiger partial charge in [0.25, 0.3) is 0 Å². The minimum atomic E-state index is -2.74. The Bertz CT molecular complexity index is 1160. The van der Waals surface area contributed by atoms with E-state index in [-0.39, 0.29) is 11.9 Å². The number of amides is 1. The molecule has 0 aliphatic carbocycles. The number of aromatic amines is 1. The Kier molecular flexibility index (Phi) is 17.3. The lowest BCUT2D eigenvalue weighted by Gasteiger charge is -2.18. The van der Waals surface area contributed by atoms with E-state index in [4.69, 9.17) is 25.2 Å². The summed E-state index contributed by atoms with van der Waals surface area (Å²) in [5, 5.41) is 37.8. The number of aromatic nitrogens is 1. The molecule has 0 aliphatic heterocycles. The second-order valence-electron chi connectivity index (χ2n) is 10.5. The number of carbonyl (C=O) groups excluding carboxylic acids is 2. The van der Waals surface area contributed by atoms with E-state index in [2.05, 4.69) is 17.2 Å². The first-order valence-electron chi connectivity index (χ1n) is 14.8. The predicted octanol–water partition coefficient (Wildman–Crippen LogP) is 4.43. The fourth-order valence-corrected chi connectivity index (χ4v) is 4.53. The molecule has 2 aromatic rings. The first-order valence-corrected chi connectivity index (χ1v) is 14.8. The third-order valence-electron chi connectivity index (χ3n) is 6.80. The highest BCUT2D eigenvalue weighted by atomic mass is 16.5. The van der Waals surface area contributed by atoms with Crippen LogP contribution in [0.1, 0.15) is 96.5 Å². The number of unbranched alkanes of at least 4 members (excludes halogenated alkanes) is 8. The number of ether oxygens (including phenoxy) is 1. The molecule has 6 N–H and O–H groups in total. The summed E-state index contributed by atoms with van der Waals surface area (Å²) in [6, 6.07) is 7.31. The molecule has 0 aliphatic rings. The monoisotopic (exact) mass is 606 g/mol. The quantitative estimate of drug-likeness (QED) is 0.0924. The van der Waals surface area contributed by atoms with Gasteiger partial charge >= 0.3 is 23.9 Å². The van der Waals surface area contributed by atoms with Crippen LogP contribution in [0.4, 0.5) is 0 Å². The second-order valence-corrected chi connectivity index (χ2v) is 10.5. The summed E-state index contributed by atoms with van der Waals surface area (Å²) in [7, 11) is 0. The van der Waals surface area contributed by atoms with Gasteiger partial charge in [-0.2, -0.15) is 0 Å². The third-order valence-corrected chi connectivity index (χ3v) is 6.80. The summed E-state index contributed by atoms with van der Waals surface area (Å²) in [5.74, 6) is -5.46. The highest BCUT2D eigenvalue weighted by Crippen LogP contribution is 2.20. The normalized spacial score (nSPS) is 11.7. The van der Waals surface area contributed by atoms with E-state index in [1.807, 2.05) is 30.5 Å². The first-order chi connectivity index (χ1) is 20.4. The van der Waals surface area contributed by atoms with Crippen molar-refractivity contribution in [3.05, 3.63) is 36.0 Å². The summed E-state index contributed by atoms with van der Waals surface area (Å²) < 4.78 is 5.20. The molecule has 0 saturated carbocycles. The van der Waals surface area contributed by atoms with Crippen LogP contribution in [-0.2, 0) is 35.1 Å². The molecule has 1 amide bonds. The van der Waals surface area contributed by atoms with Crippen molar-refractivity contribution in [2.24, 2.45) is 0 Å². The number of hydrogen-bond acceptors (Lipinski definition) is 7. The number of esters is 1. The Morgan fingerprint density at radius 1 is 0.860 bits per heavy atom. The van der Waals surface area contributed by atoms with Gasteiger partial charge in [-0.05, 0) is 25.0 Å². The number of rotatable bonds is 20. The van der Waals surface area contributed by atoms with Gasteiger partial charge in [0.05, 0.1) is 19.4 Å². The number of aliphatic carboxylic acids is 3. The van der Waals surface area contributed by atoms with E-state index in [1.54, 1.807) is 6.92 Å². The summed E-state index contributed by atoms with van der Waals surface area (Å²) in [6.45, 7) is 4.32. The van der Waals surface area contributed by atoms with Crippen LogP contribution in [0.5, 0.6) is 0 Å². The van der Waals surface area contributed by atoms with Crippen molar-refractivity contribution >= 4 is 40.7 Å². The fraction of sp³-hybridized carbons (Fsp3) is 0.581. The summed E-state index contributed by atoms with van der Waals surface area (Å²) in [6.07, 6.45) is 11.4. The van der Waals surface area contributed by atoms with Gasteiger partial charge in [0.1, 0.15) is 6.04 Å². The van der Waals surface area contributed by atoms with Crippen LogP contribution < -0.4 is 5.32 Å². The maximum atomic E-state index is 12.4. The standard InChI is InChI=1S/C25H38N2O3.C6H8O7/c1-3-5-6-7-8-9-10-11-12-17-24(28)27-23(25(29)30-4-2)18-20-19-26-22-16-14-13-15-21(20)22;7-3(8)1-6(13,5(11)12)2-4(9)10/h13-16,19,23,26H,3-12,17-18H2,1-2H3,(H,27,28);13H,1-2H2,(H,7,8)(H,9,10)(H,11,12)/t23-;/m0./s1. The zero-order chi connectivity index (χ0) is 32.3. The number of hydrogen-bond donors (Lipinski definition) is 6. The molecule has 0 fully saturated rings. The molecule has 12 heteroatoms. The zero-order valence-corrected chi connectivity index (χ0v) is 25.1. The maximum absolute atomic E-state index is 12.4. The number of para-hydroxylation sites is 1. The molecule has 0 radical (unpaired) electrons. The first kappa shape index (κ1) is 37.1. The van der Waals surface area contributed by atoms with E-state index >= 15 is 0 Å². The van der Waals surface area contributed by atoms with Crippen molar-refractivity contribution in [1.29, 1.82) is 0 Å². The highest BCUT2D eigenvalue weighted by Gasteiger charge is 2.40. The van der Waals surface area contributed by atoms with Crippen LogP contribution in [0, 0.1) is 0 Å². The molecule has 0 saturated heterocycles. The van der Waals surface area contributed by atoms with E-state index < -0.39 is 42.4 Å². The Morgan fingerprint density at radius 3 is 1.95 bits per heavy atom. The predicted molar refractivity (Wildman–Crippen MR) is 160 cm³/mol. The summed E-state index contributed by atoms with van der Waals surface area (Å²) in [4.78, 5) is 58.6. The Morgan fingerprint density at radius 2 is 1.42 bits per heavy atom. The van der Waals surface area contributed by atoms with Crippen molar-refractivity contribution in [1.82, 2.24) is 10.3 Å². The number of fused-ring (bicyclic) bond motifs is 1. The largest absolute Gasteiger partial charge is 0.481 e. The molecule has 1 aromatic heterocycles. The van der Waals surface area contributed by atoms with Crippen molar-refractivity contribution in [2.45, 2.75) is 109 Å². The van der Waals surface area contributed by atoms with E-state index in [9.17, 15) is 24.0 Å². The Hall–Kier alpha value is -3.93. The van der Waals surface area contributed by atoms with Crippen molar-refractivity contribution in [3.63, 3.8) is 0 Å². The van der Waals surface area contributed by atoms with Gasteiger partial charge in [0.2, 0.25) is 5.91 Å². The average molecular weight is 607 g/mol. The lowest BCUT2D eigenvalue weighted by molar-refractivity contribution is -0.170. The van der Waals surface area contributed by atoms with Crippen LogP contribution in [0.2, 0.25) is 0 Å². The van der Waals surface area contributed by atoms with Gasteiger partial charge in [-0.3, -0.25) is 14.4 Å². The van der Waals surface area contributed by atoms with Crippen LogP contribution >= 0.6 is 0 Å². The molecule has 0 spiro atoms. The SMILES string of the molecule is CCCCCCCCCCCC(=O)N[C@@H](Cc1c[nH]c2ccccc12)C(=O)OCC.O=C(O)CC(O)(CC(=O)O)C(=O)O. The molecular formula is C31H46N2O10. The molecule has 0 bridgehead atoms. The number of H-pyrrole nitrogens is 1. The van der Waals surface area contributed by atoms with Crippen LogP contribution in [0.25, 0.3) is 10.9 Å². The highest BCUT2D eigenvalue weighted by molar-refractivity contribution is 5.88. The number of carboxylic acid groups (broad SMARTS) is 3. The molecule has 2 rings (SSSR count). The molecule has 1 aromatic carbocycles. The Balaban J connectivity index is 0.000000599. The molecule has 240 valence electrons. The Labute approximate surface area is 251 Å². The van der Waals surface area contributed by atoms with Gasteiger partial charge in [0, 0.05) is 29.9 Å². The van der Waals surface area contributed by atoms with E-state index in [0.29, 0.717) is 19.4 Å². The van der Waals surface area contributed by atoms with E-state index in [1.165, 1.54) is 44.9 Å². The zero-order valence-electron chi connectivity index (χ0n) is 25.1. The third kappa shape index (κ3) is 14.7. The van der Waals surface area contributed by atoms with Gasteiger partial charge in [-0.25, -0.2) is 9.59 Å². The smallest absolute Gasteiger partial charge is 0.336 e.